The molecule has 0 aliphatic rings. The third-order valence-corrected chi connectivity index (χ3v) is 5.89. The topological polar surface area (TPSA) is 0 Å². The summed E-state index contributed by atoms with van der Waals surface area (Å²) in [6, 6.07) is 30.3. The Morgan fingerprint density at radius 2 is 1.41 bits per heavy atom. The molecule has 0 atom stereocenters. The van der Waals surface area contributed by atoms with Crippen LogP contribution in [0.1, 0.15) is 27.8 Å². The second-order valence-electron chi connectivity index (χ2n) is 7.82. The van der Waals surface area contributed by atoms with E-state index in [1.165, 1.54) is 44.5 Å². The van der Waals surface area contributed by atoms with Gasteiger partial charge in [0.05, 0.1) is 0 Å². The van der Waals surface area contributed by atoms with Crippen LogP contribution in [0.3, 0.4) is 0 Å². The molecule has 1 heteroatoms. The van der Waals surface area contributed by atoms with Crippen LogP contribution in [0.2, 0.25) is 5.02 Å². The lowest BCUT2D eigenvalue weighted by Gasteiger charge is -2.13. The van der Waals surface area contributed by atoms with Gasteiger partial charge in [0, 0.05) is 5.02 Å². The maximum atomic E-state index is 6.59. The second-order valence-corrected chi connectivity index (χ2v) is 8.22. The van der Waals surface area contributed by atoms with E-state index in [4.69, 9.17) is 11.6 Å². The molecule has 0 aromatic heterocycles. The zero-order valence-corrected chi connectivity index (χ0v) is 17.9. The van der Waals surface area contributed by atoms with Gasteiger partial charge in [-0.15, -0.1) is 0 Å². The van der Waals surface area contributed by atoms with Crippen LogP contribution in [0.15, 0.2) is 84.9 Å². The fraction of sp³-hybridized carbons (Fsp3) is 0.143. The number of benzene rings is 4. The molecule has 4 rings (SSSR count). The van der Waals surface area contributed by atoms with Crippen LogP contribution in [0.4, 0.5) is 0 Å². The Morgan fingerprint density at radius 1 is 0.621 bits per heavy atom. The molecule has 0 heterocycles. The van der Waals surface area contributed by atoms with E-state index in [0.29, 0.717) is 0 Å². The van der Waals surface area contributed by atoms with E-state index in [0.717, 1.165) is 17.0 Å². The summed E-state index contributed by atoms with van der Waals surface area (Å²) in [6.45, 7) is 6.47. The number of hydrogen-bond acceptors (Lipinski definition) is 0. The molecule has 144 valence electrons. The van der Waals surface area contributed by atoms with Gasteiger partial charge in [-0.25, -0.2) is 0 Å². The van der Waals surface area contributed by atoms with Crippen molar-refractivity contribution in [3.63, 3.8) is 0 Å². The highest BCUT2D eigenvalue weighted by Gasteiger charge is 2.09. The SMILES string of the molecule is Cc1ccc(-c2ccc(Cl)c(Cc3ccc(C)c(-c4ccccc4)c3)c2)c(C)c1. The van der Waals surface area contributed by atoms with E-state index in [-0.39, 0.29) is 0 Å². The van der Waals surface area contributed by atoms with Gasteiger partial charge >= 0.3 is 0 Å². The minimum Gasteiger partial charge on any atom is -0.0840 e. The van der Waals surface area contributed by atoms with Crippen molar-refractivity contribution in [1.29, 1.82) is 0 Å². The molecule has 0 radical (unpaired) electrons. The van der Waals surface area contributed by atoms with Crippen LogP contribution in [0.5, 0.6) is 0 Å². The summed E-state index contributed by atoms with van der Waals surface area (Å²) in [5.74, 6) is 0. The summed E-state index contributed by atoms with van der Waals surface area (Å²) in [5.41, 5.74) is 11.3. The van der Waals surface area contributed by atoms with E-state index in [1.807, 2.05) is 6.07 Å². The molecule has 0 saturated carbocycles. The molecule has 0 bridgehead atoms. The Hall–Kier alpha value is -2.83. The summed E-state index contributed by atoms with van der Waals surface area (Å²) in [4.78, 5) is 0. The molecule has 0 unspecified atom stereocenters. The molecular weight excluding hydrogens is 372 g/mol. The molecule has 0 aliphatic carbocycles. The molecule has 4 aromatic rings. The van der Waals surface area contributed by atoms with Crippen LogP contribution in [-0.4, -0.2) is 0 Å². The molecule has 0 aliphatic heterocycles. The first-order valence-corrected chi connectivity index (χ1v) is 10.4. The van der Waals surface area contributed by atoms with E-state index in [1.54, 1.807) is 0 Å². The lowest BCUT2D eigenvalue weighted by Crippen LogP contribution is -1.94. The summed E-state index contributed by atoms with van der Waals surface area (Å²) >= 11 is 6.59. The highest BCUT2D eigenvalue weighted by molar-refractivity contribution is 6.31. The summed E-state index contributed by atoms with van der Waals surface area (Å²) in [7, 11) is 0. The predicted octanol–water partition coefficient (Wildman–Crippen LogP) is 8.19. The van der Waals surface area contributed by atoms with E-state index in [9.17, 15) is 0 Å². The second kappa shape index (κ2) is 8.27. The van der Waals surface area contributed by atoms with Gasteiger partial charge in [-0.2, -0.15) is 0 Å². The molecule has 0 fully saturated rings. The normalized spacial score (nSPS) is 10.9. The molecule has 0 nitrogen and oxygen atoms in total. The van der Waals surface area contributed by atoms with Crippen LogP contribution in [0.25, 0.3) is 22.3 Å². The molecule has 0 saturated heterocycles. The van der Waals surface area contributed by atoms with E-state index >= 15 is 0 Å². The van der Waals surface area contributed by atoms with Crippen LogP contribution in [0, 0.1) is 20.8 Å². The first-order valence-electron chi connectivity index (χ1n) is 10.0. The molecule has 0 spiro atoms. The zero-order valence-electron chi connectivity index (χ0n) is 17.2. The summed E-state index contributed by atoms with van der Waals surface area (Å²) < 4.78 is 0. The lowest BCUT2D eigenvalue weighted by molar-refractivity contribution is 1.19. The van der Waals surface area contributed by atoms with Crippen LogP contribution >= 0.6 is 11.6 Å². The predicted molar refractivity (Wildman–Crippen MR) is 126 cm³/mol. The first-order chi connectivity index (χ1) is 14.0. The van der Waals surface area contributed by atoms with Crippen molar-refractivity contribution in [2.75, 3.05) is 0 Å². The Kier molecular flexibility index (Phi) is 5.56. The molecule has 0 amide bonds. The van der Waals surface area contributed by atoms with Gasteiger partial charge in [-0.05, 0) is 83.8 Å². The number of aryl methyl sites for hydroxylation is 3. The van der Waals surface area contributed by atoms with Gasteiger partial charge in [0.15, 0.2) is 0 Å². The Labute approximate surface area is 178 Å². The number of halogens is 1. The average molecular weight is 397 g/mol. The largest absolute Gasteiger partial charge is 0.0840 e. The van der Waals surface area contributed by atoms with E-state index in [2.05, 4.69) is 99.6 Å². The Balaban J connectivity index is 1.70. The van der Waals surface area contributed by atoms with Crippen molar-refractivity contribution in [2.24, 2.45) is 0 Å². The van der Waals surface area contributed by atoms with Crippen molar-refractivity contribution in [2.45, 2.75) is 27.2 Å². The molecule has 29 heavy (non-hydrogen) atoms. The van der Waals surface area contributed by atoms with Gasteiger partial charge in [-0.3, -0.25) is 0 Å². The van der Waals surface area contributed by atoms with Crippen molar-refractivity contribution >= 4 is 11.6 Å². The third-order valence-electron chi connectivity index (χ3n) is 5.52. The Morgan fingerprint density at radius 3 is 2.17 bits per heavy atom. The lowest BCUT2D eigenvalue weighted by atomic mass is 9.93. The van der Waals surface area contributed by atoms with Gasteiger partial charge in [0.1, 0.15) is 0 Å². The third kappa shape index (κ3) is 4.28. The van der Waals surface area contributed by atoms with Gasteiger partial charge in [0.2, 0.25) is 0 Å². The highest BCUT2D eigenvalue weighted by Crippen LogP contribution is 2.31. The number of hydrogen-bond donors (Lipinski definition) is 0. The smallest absolute Gasteiger partial charge is 0.0441 e. The Bertz CT molecular complexity index is 1160. The molecule has 0 N–H and O–H groups in total. The van der Waals surface area contributed by atoms with Gasteiger partial charge in [0.25, 0.3) is 0 Å². The quantitative estimate of drug-likeness (QED) is 0.326. The molecular formula is C28H25Cl. The van der Waals surface area contributed by atoms with Crippen molar-refractivity contribution in [3.8, 4) is 22.3 Å². The fourth-order valence-electron chi connectivity index (χ4n) is 3.94. The highest BCUT2D eigenvalue weighted by atomic mass is 35.5. The van der Waals surface area contributed by atoms with Crippen molar-refractivity contribution in [1.82, 2.24) is 0 Å². The maximum Gasteiger partial charge on any atom is 0.0441 e. The standard InChI is InChI=1S/C28H25Cl/c1-19-9-13-26(21(3)15-19)24-12-14-28(29)25(18-24)16-22-11-10-20(2)27(17-22)23-7-5-4-6-8-23/h4-15,17-18H,16H2,1-3H3. The molecule has 4 aromatic carbocycles. The minimum absolute atomic E-state index is 0.817. The summed E-state index contributed by atoms with van der Waals surface area (Å²) in [6.07, 6.45) is 0.817. The zero-order chi connectivity index (χ0) is 20.4. The summed E-state index contributed by atoms with van der Waals surface area (Å²) in [5, 5.41) is 0.820. The average Bonchev–Trinajstić information content (AvgIpc) is 2.72. The monoisotopic (exact) mass is 396 g/mol. The van der Waals surface area contributed by atoms with Gasteiger partial charge in [-0.1, -0.05) is 90.0 Å². The van der Waals surface area contributed by atoms with Crippen molar-refractivity contribution in [3.05, 3.63) is 118 Å². The van der Waals surface area contributed by atoms with E-state index < -0.39 is 0 Å². The fourth-order valence-corrected chi connectivity index (χ4v) is 4.13. The van der Waals surface area contributed by atoms with Crippen LogP contribution < -0.4 is 0 Å². The maximum absolute atomic E-state index is 6.59. The van der Waals surface area contributed by atoms with Gasteiger partial charge < -0.3 is 0 Å². The minimum atomic E-state index is 0.817. The number of rotatable bonds is 4. The van der Waals surface area contributed by atoms with Crippen molar-refractivity contribution < 1.29 is 0 Å². The first kappa shape index (κ1) is 19.5. The van der Waals surface area contributed by atoms with Crippen LogP contribution in [-0.2, 0) is 6.42 Å².